The van der Waals surface area contributed by atoms with Crippen LogP contribution in [0.15, 0.2) is 0 Å². The van der Waals surface area contributed by atoms with Crippen LogP contribution in [-0.2, 0) is 0 Å². The molecule has 3 rings (SSSR count). The second-order valence-corrected chi connectivity index (χ2v) is 6.99. The Labute approximate surface area is 118 Å². The normalized spacial score (nSPS) is 37.4. The Bertz CT molecular complexity index is 275. The third-order valence-electron chi connectivity index (χ3n) is 5.54. The first-order valence-electron chi connectivity index (χ1n) is 8.52. The number of piperidine rings is 1. The molecule has 110 valence electrons. The van der Waals surface area contributed by atoms with Crippen LogP contribution in [0.4, 0.5) is 0 Å². The van der Waals surface area contributed by atoms with Crippen LogP contribution < -0.4 is 5.32 Å². The molecule has 3 aliphatic heterocycles. The predicted octanol–water partition coefficient (Wildman–Crippen LogP) is 1.93. The van der Waals surface area contributed by atoms with E-state index in [1.165, 1.54) is 77.8 Å². The molecular weight excluding hydrogens is 234 g/mol. The number of fused-ring (bicyclic) bond motifs is 1. The molecule has 3 unspecified atom stereocenters. The van der Waals surface area contributed by atoms with Crippen molar-refractivity contribution in [3.8, 4) is 0 Å². The van der Waals surface area contributed by atoms with Crippen LogP contribution in [0.2, 0.25) is 0 Å². The molecule has 3 saturated heterocycles. The minimum Gasteiger partial charge on any atom is -0.316 e. The van der Waals surface area contributed by atoms with E-state index in [-0.39, 0.29) is 0 Å². The molecule has 3 fully saturated rings. The van der Waals surface area contributed by atoms with Crippen LogP contribution in [0.5, 0.6) is 0 Å². The SMILES string of the molecule is CC1CN2CCCCC2CN1CCCC1CCNC1. The van der Waals surface area contributed by atoms with Gasteiger partial charge in [-0.15, -0.1) is 0 Å². The monoisotopic (exact) mass is 265 g/mol. The highest BCUT2D eigenvalue weighted by Crippen LogP contribution is 2.24. The van der Waals surface area contributed by atoms with Gasteiger partial charge >= 0.3 is 0 Å². The zero-order valence-corrected chi connectivity index (χ0v) is 12.6. The molecule has 0 saturated carbocycles. The molecule has 0 amide bonds. The number of piperazine rings is 1. The fraction of sp³-hybridized carbons (Fsp3) is 1.00. The number of hydrogen-bond donors (Lipinski definition) is 1. The molecule has 0 spiro atoms. The van der Waals surface area contributed by atoms with Crippen molar-refractivity contribution in [2.45, 2.75) is 57.5 Å². The van der Waals surface area contributed by atoms with E-state index >= 15 is 0 Å². The Kier molecular flexibility index (Phi) is 4.78. The van der Waals surface area contributed by atoms with Gasteiger partial charge in [-0.05, 0) is 71.1 Å². The summed E-state index contributed by atoms with van der Waals surface area (Å²) in [7, 11) is 0. The van der Waals surface area contributed by atoms with E-state index in [0.29, 0.717) is 0 Å². The second kappa shape index (κ2) is 6.55. The molecule has 0 aromatic carbocycles. The molecule has 19 heavy (non-hydrogen) atoms. The molecule has 3 nitrogen and oxygen atoms in total. The number of nitrogens with one attached hydrogen (secondary N) is 1. The first kappa shape index (κ1) is 13.8. The molecule has 0 radical (unpaired) electrons. The van der Waals surface area contributed by atoms with Crippen LogP contribution in [-0.4, -0.2) is 61.2 Å². The van der Waals surface area contributed by atoms with Gasteiger partial charge in [0.2, 0.25) is 0 Å². The maximum Gasteiger partial charge on any atom is 0.0223 e. The first-order chi connectivity index (χ1) is 9.33. The van der Waals surface area contributed by atoms with E-state index in [1.807, 2.05) is 0 Å². The smallest absolute Gasteiger partial charge is 0.0223 e. The lowest BCUT2D eigenvalue weighted by Gasteiger charge is -2.47. The molecule has 3 heteroatoms. The van der Waals surface area contributed by atoms with Crippen LogP contribution in [0, 0.1) is 5.92 Å². The van der Waals surface area contributed by atoms with Crippen molar-refractivity contribution < 1.29 is 0 Å². The van der Waals surface area contributed by atoms with Crippen LogP contribution in [0.1, 0.15) is 45.4 Å². The summed E-state index contributed by atoms with van der Waals surface area (Å²) in [6.45, 7) is 10.3. The van der Waals surface area contributed by atoms with Crippen LogP contribution >= 0.6 is 0 Å². The summed E-state index contributed by atoms with van der Waals surface area (Å²) in [5, 5.41) is 3.49. The molecular formula is C16H31N3. The molecule has 1 N–H and O–H groups in total. The summed E-state index contributed by atoms with van der Waals surface area (Å²) in [5.41, 5.74) is 0. The standard InChI is InChI=1S/C16H31N3/c1-14-12-19-9-3-2-6-16(19)13-18(14)10-4-5-15-7-8-17-11-15/h14-17H,2-13H2,1H3. The van der Waals surface area contributed by atoms with Crippen molar-refractivity contribution in [3.05, 3.63) is 0 Å². The summed E-state index contributed by atoms with van der Waals surface area (Å²) in [6, 6.07) is 1.65. The second-order valence-electron chi connectivity index (χ2n) is 6.99. The van der Waals surface area contributed by atoms with Gasteiger partial charge in [0.1, 0.15) is 0 Å². The van der Waals surface area contributed by atoms with Gasteiger partial charge in [0, 0.05) is 25.2 Å². The highest BCUT2D eigenvalue weighted by Gasteiger charge is 2.32. The van der Waals surface area contributed by atoms with Gasteiger partial charge in [0.05, 0.1) is 0 Å². The zero-order chi connectivity index (χ0) is 13.1. The zero-order valence-electron chi connectivity index (χ0n) is 12.6. The highest BCUT2D eigenvalue weighted by atomic mass is 15.3. The minimum atomic E-state index is 0.774. The first-order valence-corrected chi connectivity index (χ1v) is 8.52. The summed E-state index contributed by atoms with van der Waals surface area (Å²) in [6.07, 6.45) is 8.57. The maximum absolute atomic E-state index is 3.49. The van der Waals surface area contributed by atoms with Crippen molar-refractivity contribution in [1.29, 1.82) is 0 Å². The molecule has 0 aromatic heterocycles. The highest BCUT2D eigenvalue weighted by molar-refractivity contribution is 4.89. The van der Waals surface area contributed by atoms with Crippen molar-refractivity contribution >= 4 is 0 Å². The fourth-order valence-corrected chi connectivity index (χ4v) is 4.27. The lowest BCUT2D eigenvalue weighted by Crippen LogP contribution is -2.58. The number of nitrogens with zero attached hydrogens (tertiary/aromatic N) is 2. The topological polar surface area (TPSA) is 18.5 Å². The molecule has 3 atom stereocenters. The Hall–Kier alpha value is -0.120. The van der Waals surface area contributed by atoms with Gasteiger partial charge in [-0.2, -0.15) is 0 Å². The minimum absolute atomic E-state index is 0.774. The van der Waals surface area contributed by atoms with Gasteiger partial charge in [-0.25, -0.2) is 0 Å². The Morgan fingerprint density at radius 1 is 1.16 bits per heavy atom. The van der Waals surface area contributed by atoms with Gasteiger partial charge in [0.15, 0.2) is 0 Å². The van der Waals surface area contributed by atoms with Crippen molar-refractivity contribution in [3.63, 3.8) is 0 Å². The predicted molar refractivity (Wildman–Crippen MR) is 80.5 cm³/mol. The van der Waals surface area contributed by atoms with Crippen molar-refractivity contribution in [1.82, 2.24) is 15.1 Å². The van der Waals surface area contributed by atoms with E-state index < -0.39 is 0 Å². The van der Waals surface area contributed by atoms with E-state index in [2.05, 4.69) is 22.0 Å². The Morgan fingerprint density at radius 3 is 2.95 bits per heavy atom. The molecule has 0 aromatic rings. The van der Waals surface area contributed by atoms with Crippen molar-refractivity contribution in [2.24, 2.45) is 5.92 Å². The quantitative estimate of drug-likeness (QED) is 0.838. The molecule has 0 bridgehead atoms. The van der Waals surface area contributed by atoms with E-state index in [9.17, 15) is 0 Å². The maximum atomic E-state index is 3.49. The van der Waals surface area contributed by atoms with Gasteiger partial charge < -0.3 is 5.32 Å². The average Bonchev–Trinajstić information content (AvgIpc) is 2.92. The third kappa shape index (κ3) is 3.50. The third-order valence-corrected chi connectivity index (χ3v) is 5.54. The van der Waals surface area contributed by atoms with Crippen molar-refractivity contribution in [2.75, 3.05) is 39.3 Å². The van der Waals surface area contributed by atoms with Crippen LogP contribution in [0.3, 0.4) is 0 Å². The summed E-state index contributed by atoms with van der Waals surface area (Å²) < 4.78 is 0. The summed E-state index contributed by atoms with van der Waals surface area (Å²) in [5.74, 6) is 0.964. The average molecular weight is 265 g/mol. The lowest BCUT2D eigenvalue weighted by molar-refractivity contribution is 0.0142. The Morgan fingerprint density at radius 2 is 2.11 bits per heavy atom. The number of hydrogen-bond acceptors (Lipinski definition) is 3. The van der Waals surface area contributed by atoms with Crippen LogP contribution in [0.25, 0.3) is 0 Å². The molecule has 0 aliphatic carbocycles. The van der Waals surface area contributed by atoms with Gasteiger partial charge in [0.25, 0.3) is 0 Å². The Balaban J connectivity index is 1.42. The fourth-order valence-electron chi connectivity index (χ4n) is 4.27. The van der Waals surface area contributed by atoms with Gasteiger partial charge in [-0.1, -0.05) is 6.42 Å². The lowest BCUT2D eigenvalue weighted by atomic mass is 9.96. The van der Waals surface area contributed by atoms with Gasteiger partial charge in [-0.3, -0.25) is 9.80 Å². The largest absolute Gasteiger partial charge is 0.316 e. The number of rotatable bonds is 4. The molecule has 3 heterocycles. The molecule has 3 aliphatic rings. The van der Waals surface area contributed by atoms with E-state index in [1.54, 1.807) is 0 Å². The van der Waals surface area contributed by atoms with E-state index in [4.69, 9.17) is 0 Å². The summed E-state index contributed by atoms with van der Waals surface area (Å²) in [4.78, 5) is 5.53. The van der Waals surface area contributed by atoms with E-state index in [0.717, 1.165) is 18.0 Å². The summed E-state index contributed by atoms with van der Waals surface area (Å²) >= 11 is 0.